The Morgan fingerprint density at radius 2 is 1.83 bits per heavy atom. The summed E-state index contributed by atoms with van der Waals surface area (Å²) in [4.78, 5) is 2.44. The van der Waals surface area contributed by atoms with Crippen LogP contribution in [-0.4, -0.2) is 22.7 Å². The first kappa shape index (κ1) is 15.4. The summed E-state index contributed by atoms with van der Waals surface area (Å²) in [6, 6.07) is 19.1. The monoisotopic (exact) mass is 321 g/mol. The van der Waals surface area contributed by atoms with Crippen molar-refractivity contribution in [3.63, 3.8) is 0 Å². The van der Waals surface area contributed by atoms with E-state index < -0.39 is 0 Å². The quantitative estimate of drug-likeness (QED) is 0.751. The highest BCUT2D eigenvalue weighted by Crippen LogP contribution is 2.37. The van der Waals surface area contributed by atoms with E-state index in [2.05, 4.69) is 71.1 Å². The fraction of sp³-hybridized carbons (Fsp3) is 0.300. The van der Waals surface area contributed by atoms with Crippen LogP contribution in [0.25, 0.3) is 10.9 Å². The molecule has 2 N–H and O–H groups in total. The van der Waals surface area contributed by atoms with Gasteiger partial charge < -0.3 is 15.0 Å². The number of benzene rings is 2. The summed E-state index contributed by atoms with van der Waals surface area (Å²) in [6.07, 6.45) is 0.0218. The van der Waals surface area contributed by atoms with E-state index in [0.717, 1.165) is 19.6 Å². The van der Waals surface area contributed by atoms with E-state index in [1.54, 1.807) is 0 Å². The minimum Gasteiger partial charge on any atom is -0.357 e. The van der Waals surface area contributed by atoms with Crippen LogP contribution in [0.1, 0.15) is 22.9 Å². The molecule has 4 rings (SSSR count). The number of ether oxygens (including phenoxy) is 1. The average Bonchev–Trinajstić information content (AvgIpc) is 2.90. The number of nitrogens with two attached hydrogens (primary N) is 1. The average molecular weight is 321 g/mol. The smallest absolute Gasteiger partial charge is 0.0993 e. The van der Waals surface area contributed by atoms with Crippen LogP contribution in [0.15, 0.2) is 54.6 Å². The third kappa shape index (κ3) is 2.63. The Morgan fingerprint density at radius 1 is 1.08 bits per heavy atom. The fourth-order valence-electron chi connectivity index (χ4n) is 3.84. The van der Waals surface area contributed by atoms with E-state index in [9.17, 15) is 0 Å². The third-order valence-electron chi connectivity index (χ3n) is 4.94. The number of fused-ring (bicyclic) bond motifs is 3. The Bertz CT molecular complexity index is 841. The van der Waals surface area contributed by atoms with Crippen molar-refractivity contribution in [3.05, 3.63) is 71.4 Å². The first-order valence-corrected chi connectivity index (χ1v) is 8.42. The van der Waals surface area contributed by atoms with Crippen LogP contribution in [-0.2, 0) is 24.9 Å². The number of rotatable bonds is 4. The lowest BCUT2D eigenvalue weighted by atomic mass is 10.00. The normalized spacial score (nSPS) is 18.0. The molecule has 2 aromatic carbocycles. The van der Waals surface area contributed by atoms with Crippen molar-refractivity contribution in [1.82, 2.24) is 9.47 Å². The van der Waals surface area contributed by atoms with Gasteiger partial charge >= 0.3 is 0 Å². The van der Waals surface area contributed by atoms with Gasteiger partial charge in [-0.05, 0) is 11.6 Å². The zero-order valence-electron chi connectivity index (χ0n) is 14.0. The van der Waals surface area contributed by atoms with Crippen LogP contribution in [0.3, 0.4) is 0 Å². The molecule has 4 nitrogen and oxygen atoms in total. The van der Waals surface area contributed by atoms with Crippen molar-refractivity contribution in [2.24, 2.45) is 12.8 Å². The lowest BCUT2D eigenvalue weighted by Crippen LogP contribution is -2.35. The number of aryl methyl sites for hydroxylation is 1. The molecular formula is C20H23N3O. The fourth-order valence-corrected chi connectivity index (χ4v) is 3.84. The van der Waals surface area contributed by atoms with Crippen molar-refractivity contribution in [3.8, 4) is 0 Å². The lowest BCUT2D eigenvalue weighted by molar-refractivity contribution is 0.0137. The van der Waals surface area contributed by atoms with Crippen molar-refractivity contribution < 1.29 is 4.74 Å². The molecule has 24 heavy (non-hydrogen) atoms. The van der Waals surface area contributed by atoms with Gasteiger partial charge in [-0.25, -0.2) is 0 Å². The van der Waals surface area contributed by atoms with Gasteiger partial charge in [-0.15, -0.1) is 0 Å². The molecule has 0 aliphatic carbocycles. The van der Waals surface area contributed by atoms with Gasteiger partial charge in [-0.3, -0.25) is 4.90 Å². The summed E-state index contributed by atoms with van der Waals surface area (Å²) in [7, 11) is 2.15. The summed E-state index contributed by atoms with van der Waals surface area (Å²) in [5.41, 5.74) is 10.9. The van der Waals surface area contributed by atoms with Gasteiger partial charge in [0, 0.05) is 48.8 Å². The molecule has 0 radical (unpaired) electrons. The SMILES string of the molecule is Cn1c2c(c3ccccc31)C(OCN)CN(Cc1ccccc1)C2. The summed E-state index contributed by atoms with van der Waals surface area (Å²) >= 11 is 0. The van der Waals surface area contributed by atoms with Crippen molar-refractivity contribution in [1.29, 1.82) is 0 Å². The maximum absolute atomic E-state index is 5.92. The first-order chi connectivity index (χ1) is 11.8. The van der Waals surface area contributed by atoms with E-state index in [1.165, 1.54) is 27.7 Å². The van der Waals surface area contributed by atoms with Crippen LogP contribution in [0.5, 0.6) is 0 Å². The minimum absolute atomic E-state index is 0.0218. The maximum atomic E-state index is 5.92. The number of para-hydroxylation sites is 1. The molecule has 0 amide bonds. The highest BCUT2D eigenvalue weighted by atomic mass is 16.5. The van der Waals surface area contributed by atoms with Gasteiger partial charge in [0.1, 0.15) is 0 Å². The highest BCUT2D eigenvalue weighted by molar-refractivity contribution is 5.86. The molecule has 1 aromatic heterocycles. The van der Waals surface area contributed by atoms with Gasteiger partial charge in [-0.2, -0.15) is 0 Å². The number of nitrogens with zero attached hydrogens (tertiary/aromatic N) is 2. The molecule has 0 saturated carbocycles. The molecule has 1 aliphatic rings. The largest absolute Gasteiger partial charge is 0.357 e. The highest BCUT2D eigenvalue weighted by Gasteiger charge is 2.30. The van der Waals surface area contributed by atoms with Gasteiger partial charge in [0.05, 0.1) is 12.8 Å². The van der Waals surface area contributed by atoms with Gasteiger partial charge in [0.2, 0.25) is 0 Å². The summed E-state index contributed by atoms with van der Waals surface area (Å²) in [5, 5.41) is 1.29. The molecule has 3 aromatic rings. The third-order valence-corrected chi connectivity index (χ3v) is 4.94. The Labute approximate surface area is 142 Å². The predicted molar refractivity (Wildman–Crippen MR) is 96.4 cm³/mol. The zero-order valence-corrected chi connectivity index (χ0v) is 14.0. The Morgan fingerprint density at radius 3 is 2.62 bits per heavy atom. The Balaban J connectivity index is 1.73. The topological polar surface area (TPSA) is 43.4 Å². The van der Waals surface area contributed by atoms with Crippen LogP contribution in [0.2, 0.25) is 0 Å². The van der Waals surface area contributed by atoms with Crippen molar-refractivity contribution in [2.45, 2.75) is 19.2 Å². The lowest BCUT2D eigenvalue weighted by Gasteiger charge is -2.33. The summed E-state index contributed by atoms with van der Waals surface area (Å²) < 4.78 is 8.22. The second-order valence-electron chi connectivity index (χ2n) is 6.41. The summed E-state index contributed by atoms with van der Waals surface area (Å²) in [6.45, 7) is 2.96. The van der Waals surface area contributed by atoms with E-state index in [-0.39, 0.29) is 12.8 Å². The standard InChI is InChI=1S/C20H23N3O/c1-22-17-10-6-5-9-16(17)20-18(22)12-23(13-19(20)24-14-21)11-15-7-3-2-4-8-15/h2-10,19H,11-14,21H2,1H3. The van der Waals surface area contributed by atoms with Crippen LogP contribution < -0.4 is 5.73 Å². The van der Waals surface area contributed by atoms with E-state index in [1.807, 2.05) is 0 Å². The van der Waals surface area contributed by atoms with Gasteiger partial charge in [0.25, 0.3) is 0 Å². The number of aromatic nitrogens is 1. The molecule has 0 spiro atoms. The van der Waals surface area contributed by atoms with Gasteiger partial charge in [-0.1, -0.05) is 48.5 Å². The van der Waals surface area contributed by atoms with Gasteiger partial charge in [0.15, 0.2) is 0 Å². The molecule has 124 valence electrons. The molecule has 0 saturated heterocycles. The molecule has 1 atom stereocenters. The van der Waals surface area contributed by atoms with E-state index in [4.69, 9.17) is 10.5 Å². The second kappa shape index (κ2) is 6.40. The maximum Gasteiger partial charge on any atom is 0.0993 e. The summed E-state index contributed by atoms with van der Waals surface area (Å²) in [5.74, 6) is 0. The van der Waals surface area contributed by atoms with Crippen LogP contribution in [0, 0.1) is 0 Å². The van der Waals surface area contributed by atoms with E-state index >= 15 is 0 Å². The Hall–Kier alpha value is -2.14. The number of hydrogen-bond donors (Lipinski definition) is 1. The number of hydrogen-bond acceptors (Lipinski definition) is 3. The van der Waals surface area contributed by atoms with Crippen LogP contribution in [0.4, 0.5) is 0 Å². The zero-order chi connectivity index (χ0) is 16.5. The Kier molecular flexibility index (Phi) is 4.10. The molecule has 1 unspecified atom stereocenters. The second-order valence-corrected chi connectivity index (χ2v) is 6.41. The molecule has 2 heterocycles. The molecule has 0 fully saturated rings. The molecular weight excluding hydrogens is 298 g/mol. The predicted octanol–water partition coefficient (Wildman–Crippen LogP) is 3.17. The van der Waals surface area contributed by atoms with Crippen LogP contribution >= 0.6 is 0 Å². The minimum atomic E-state index is 0.0218. The molecule has 4 heteroatoms. The molecule has 0 bridgehead atoms. The van der Waals surface area contributed by atoms with Crippen molar-refractivity contribution >= 4 is 10.9 Å². The van der Waals surface area contributed by atoms with E-state index in [0.29, 0.717) is 0 Å². The first-order valence-electron chi connectivity index (χ1n) is 8.42. The van der Waals surface area contributed by atoms with Crippen molar-refractivity contribution in [2.75, 3.05) is 13.3 Å². The molecule has 1 aliphatic heterocycles.